The fourth-order valence-electron chi connectivity index (χ4n) is 4.16. The Morgan fingerprint density at radius 1 is 1.23 bits per heavy atom. The summed E-state index contributed by atoms with van der Waals surface area (Å²) in [5.41, 5.74) is 1.11. The van der Waals surface area contributed by atoms with E-state index in [2.05, 4.69) is 27.8 Å². The first-order valence-corrected chi connectivity index (χ1v) is 12.4. The van der Waals surface area contributed by atoms with Gasteiger partial charge in [-0.25, -0.2) is 0 Å². The van der Waals surface area contributed by atoms with E-state index < -0.39 is 0 Å². The van der Waals surface area contributed by atoms with E-state index in [0.717, 1.165) is 58.9 Å². The van der Waals surface area contributed by atoms with Crippen molar-refractivity contribution in [3.63, 3.8) is 0 Å². The molecule has 0 unspecified atom stereocenters. The van der Waals surface area contributed by atoms with E-state index in [0.29, 0.717) is 19.0 Å². The first-order chi connectivity index (χ1) is 15.2. The molecule has 0 spiro atoms. The maximum absolute atomic E-state index is 13.1. The summed E-state index contributed by atoms with van der Waals surface area (Å²) in [7, 11) is 0. The van der Waals surface area contributed by atoms with Crippen LogP contribution in [-0.2, 0) is 11.3 Å². The molecule has 3 aromatic rings. The lowest BCUT2D eigenvalue weighted by Crippen LogP contribution is -2.32. The van der Waals surface area contributed by atoms with E-state index >= 15 is 0 Å². The summed E-state index contributed by atoms with van der Waals surface area (Å²) in [4.78, 5) is 16.2. The predicted octanol–water partition coefficient (Wildman–Crippen LogP) is 4.25. The van der Waals surface area contributed by atoms with Crippen molar-refractivity contribution < 1.29 is 14.3 Å². The molecule has 0 bridgehead atoms. The van der Waals surface area contributed by atoms with Crippen LogP contribution in [0.2, 0.25) is 0 Å². The molecule has 0 N–H and O–H groups in total. The maximum atomic E-state index is 13.1. The number of ether oxygens (including phenoxy) is 2. The number of thiophene rings is 1. The van der Waals surface area contributed by atoms with Crippen molar-refractivity contribution in [2.45, 2.75) is 37.5 Å². The molecule has 9 heteroatoms. The summed E-state index contributed by atoms with van der Waals surface area (Å²) < 4.78 is 13.4. The summed E-state index contributed by atoms with van der Waals surface area (Å²) >= 11 is 3.11. The predicted molar refractivity (Wildman–Crippen MR) is 121 cm³/mol. The van der Waals surface area contributed by atoms with Gasteiger partial charge in [0.2, 0.25) is 5.91 Å². The van der Waals surface area contributed by atoms with Crippen LogP contribution in [0.5, 0.6) is 11.5 Å². The van der Waals surface area contributed by atoms with Crippen LogP contribution in [0.15, 0.2) is 40.9 Å². The lowest BCUT2D eigenvalue weighted by atomic mass is 10.0. The Morgan fingerprint density at radius 2 is 2.10 bits per heavy atom. The lowest BCUT2D eigenvalue weighted by Gasteiger charge is -2.26. The van der Waals surface area contributed by atoms with Crippen LogP contribution in [-0.4, -0.2) is 51.1 Å². The second-order valence-corrected chi connectivity index (χ2v) is 9.35. The molecule has 1 atom stereocenters. The molecule has 1 aromatic carbocycles. The van der Waals surface area contributed by atoms with E-state index in [1.54, 1.807) is 11.3 Å². The minimum atomic E-state index is 0.0784. The van der Waals surface area contributed by atoms with Crippen LogP contribution in [0.3, 0.4) is 0 Å². The number of rotatable bonds is 6. The van der Waals surface area contributed by atoms with Crippen molar-refractivity contribution in [3.05, 3.63) is 41.3 Å². The Hall–Kier alpha value is -2.52. The molecule has 2 aliphatic rings. The number of fused-ring (bicyclic) bond motifs is 1. The highest BCUT2D eigenvalue weighted by atomic mass is 32.2. The number of hydrogen-bond acceptors (Lipinski definition) is 7. The van der Waals surface area contributed by atoms with Crippen LogP contribution >= 0.6 is 23.1 Å². The molecule has 2 aromatic heterocycles. The number of thioether (sulfide) groups is 1. The van der Waals surface area contributed by atoms with Gasteiger partial charge in [0.1, 0.15) is 13.2 Å². The summed E-state index contributed by atoms with van der Waals surface area (Å²) in [6, 6.07) is 10.2. The third kappa shape index (κ3) is 4.04. The molecule has 1 amide bonds. The molecule has 1 saturated heterocycles. The minimum Gasteiger partial charge on any atom is -0.486 e. The number of carbonyl (C=O) groups excluding carboxylic acids is 1. The normalized spacial score (nSPS) is 17.8. The van der Waals surface area contributed by atoms with Gasteiger partial charge >= 0.3 is 0 Å². The number of likely N-dealkylation sites (tertiary alicyclic amines) is 1. The molecule has 0 aliphatic carbocycles. The smallest absolute Gasteiger partial charge is 0.233 e. The van der Waals surface area contributed by atoms with Crippen molar-refractivity contribution in [2.75, 3.05) is 25.5 Å². The second-order valence-electron chi connectivity index (χ2n) is 7.46. The van der Waals surface area contributed by atoms with Crippen molar-refractivity contribution in [1.82, 2.24) is 19.7 Å². The average Bonchev–Trinajstić information content (AvgIpc) is 3.57. The first kappa shape index (κ1) is 20.4. The van der Waals surface area contributed by atoms with Crippen LogP contribution in [0.25, 0.3) is 10.7 Å². The molecule has 4 heterocycles. The lowest BCUT2D eigenvalue weighted by molar-refractivity contribution is -0.129. The molecule has 2 aliphatic heterocycles. The molecule has 31 heavy (non-hydrogen) atoms. The Kier molecular flexibility index (Phi) is 5.87. The Labute approximate surface area is 189 Å². The van der Waals surface area contributed by atoms with Gasteiger partial charge in [0.05, 0.1) is 16.7 Å². The fraction of sp³-hybridized carbons (Fsp3) is 0.409. The highest BCUT2D eigenvalue weighted by Crippen LogP contribution is 2.38. The molecule has 0 saturated carbocycles. The van der Waals surface area contributed by atoms with Gasteiger partial charge in [-0.15, -0.1) is 21.5 Å². The highest BCUT2D eigenvalue weighted by Gasteiger charge is 2.31. The van der Waals surface area contributed by atoms with E-state index in [1.807, 2.05) is 34.5 Å². The zero-order valence-corrected chi connectivity index (χ0v) is 19.0. The Bertz CT molecular complexity index is 1070. The SMILES string of the molecule is CCn1c(SCC(=O)N2CCC[C@H]2c2ccc3c(c2)OCCO3)nnc1-c1cccs1. The summed E-state index contributed by atoms with van der Waals surface area (Å²) in [6.07, 6.45) is 1.97. The number of nitrogens with zero attached hydrogens (tertiary/aromatic N) is 4. The van der Waals surface area contributed by atoms with Gasteiger partial charge in [0, 0.05) is 13.1 Å². The van der Waals surface area contributed by atoms with Crippen molar-refractivity contribution in [2.24, 2.45) is 0 Å². The van der Waals surface area contributed by atoms with Gasteiger partial charge in [0.15, 0.2) is 22.5 Å². The van der Waals surface area contributed by atoms with E-state index in [-0.39, 0.29) is 11.9 Å². The first-order valence-electron chi connectivity index (χ1n) is 10.5. The largest absolute Gasteiger partial charge is 0.486 e. The molecule has 162 valence electrons. The third-order valence-electron chi connectivity index (χ3n) is 5.62. The number of benzene rings is 1. The van der Waals surface area contributed by atoms with Crippen LogP contribution in [0.1, 0.15) is 31.4 Å². The molecule has 5 rings (SSSR count). The second kappa shape index (κ2) is 8.92. The summed E-state index contributed by atoms with van der Waals surface area (Å²) in [5.74, 6) is 2.90. The van der Waals surface area contributed by atoms with Crippen LogP contribution < -0.4 is 9.47 Å². The van der Waals surface area contributed by atoms with Gasteiger partial charge in [-0.2, -0.15) is 0 Å². The van der Waals surface area contributed by atoms with Gasteiger partial charge in [0.25, 0.3) is 0 Å². The molecular formula is C22H24N4O3S2. The zero-order chi connectivity index (χ0) is 21.2. The highest BCUT2D eigenvalue weighted by molar-refractivity contribution is 7.99. The topological polar surface area (TPSA) is 69.5 Å². The van der Waals surface area contributed by atoms with E-state index in [1.165, 1.54) is 11.8 Å². The molecule has 7 nitrogen and oxygen atoms in total. The number of hydrogen-bond donors (Lipinski definition) is 0. The Morgan fingerprint density at radius 3 is 2.90 bits per heavy atom. The van der Waals surface area contributed by atoms with Crippen molar-refractivity contribution in [3.8, 4) is 22.2 Å². The van der Waals surface area contributed by atoms with Gasteiger partial charge < -0.3 is 18.9 Å². The van der Waals surface area contributed by atoms with Crippen molar-refractivity contribution in [1.29, 1.82) is 0 Å². The standard InChI is InChI=1S/C22H24N4O3S2/c1-2-25-21(19-6-4-12-30-19)23-24-22(25)31-14-20(27)26-9-3-5-16(26)15-7-8-17-18(13-15)29-11-10-28-17/h4,6-8,12-13,16H,2-3,5,9-11,14H2,1H3/t16-/m0/s1. The number of carbonyl (C=O) groups is 1. The van der Waals surface area contributed by atoms with E-state index in [4.69, 9.17) is 9.47 Å². The summed E-state index contributed by atoms with van der Waals surface area (Å²) in [6.45, 7) is 4.75. The van der Waals surface area contributed by atoms with Gasteiger partial charge in [-0.3, -0.25) is 4.79 Å². The molecule has 1 fully saturated rings. The molecular weight excluding hydrogens is 432 g/mol. The maximum Gasteiger partial charge on any atom is 0.233 e. The van der Waals surface area contributed by atoms with Crippen LogP contribution in [0, 0.1) is 0 Å². The molecule has 0 radical (unpaired) electrons. The zero-order valence-electron chi connectivity index (χ0n) is 17.3. The number of aromatic nitrogens is 3. The minimum absolute atomic E-state index is 0.0784. The van der Waals surface area contributed by atoms with Gasteiger partial charge in [-0.05, 0) is 48.9 Å². The van der Waals surface area contributed by atoms with E-state index in [9.17, 15) is 4.79 Å². The fourth-order valence-corrected chi connectivity index (χ4v) is 5.76. The number of amides is 1. The average molecular weight is 457 g/mol. The quantitative estimate of drug-likeness (QED) is 0.517. The van der Waals surface area contributed by atoms with Crippen molar-refractivity contribution >= 4 is 29.0 Å². The van der Waals surface area contributed by atoms with Crippen LogP contribution in [0.4, 0.5) is 0 Å². The monoisotopic (exact) mass is 456 g/mol. The summed E-state index contributed by atoms with van der Waals surface area (Å²) in [5, 5.41) is 11.5. The third-order valence-corrected chi connectivity index (χ3v) is 7.44. The Balaban J connectivity index is 1.28. The van der Waals surface area contributed by atoms with Gasteiger partial charge in [-0.1, -0.05) is 23.9 Å².